The van der Waals surface area contributed by atoms with Crippen molar-refractivity contribution in [2.24, 2.45) is 0 Å². The fraction of sp³-hybridized carbons (Fsp3) is 0.208. The molecule has 0 radical (unpaired) electrons. The van der Waals surface area contributed by atoms with E-state index < -0.39 is 16.1 Å². The Kier molecular flexibility index (Phi) is 6.45. The Morgan fingerprint density at radius 2 is 1.72 bits per heavy atom. The summed E-state index contributed by atoms with van der Waals surface area (Å²) in [7, 11) is -4.04. The van der Waals surface area contributed by atoms with Crippen LogP contribution in [0.4, 0.5) is 16.2 Å². The molecule has 3 heterocycles. The van der Waals surface area contributed by atoms with Gasteiger partial charge in [-0.15, -0.1) is 11.3 Å². The van der Waals surface area contributed by atoms with Gasteiger partial charge in [-0.2, -0.15) is 0 Å². The first-order valence-corrected chi connectivity index (χ1v) is 13.9. The minimum Gasteiger partial charge on any atom is -0.371 e. The van der Waals surface area contributed by atoms with Gasteiger partial charge in [0.2, 0.25) is 0 Å². The van der Waals surface area contributed by atoms with Crippen molar-refractivity contribution in [2.45, 2.75) is 24.0 Å². The number of rotatable bonds is 5. The van der Waals surface area contributed by atoms with E-state index >= 15 is 0 Å². The highest BCUT2D eigenvalue weighted by Gasteiger charge is 2.20. The highest BCUT2D eigenvalue weighted by atomic mass is 35.5. The summed E-state index contributed by atoms with van der Waals surface area (Å²) in [5.41, 5.74) is 2.46. The van der Waals surface area contributed by atoms with E-state index in [4.69, 9.17) is 11.6 Å². The van der Waals surface area contributed by atoms with Crippen molar-refractivity contribution in [1.82, 2.24) is 14.3 Å². The molecule has 2 amide bonds. The minimum atomic E-state index is -4.04. The highest BCUT2D eigenvalue weighted by molar-refractivity contribution is 7.92. The molecule has 0 saturated carbocycles. The second kappa shape index (κ2) is 9.57. The molecule has 1 aliphatic heterocycles. The van der Waals surface area contributed by atoms with Gasteiger partial charge in [-0.25, -0.2) is 22.9 Å². The number of aryl methyl sites for hydroxylation is 1. The standard InChI is InChI=1S/C24H22ClN5O4S2/c1-15-26-20-14-18(29-12-2-3-13-29)8-9-19(20)23(31)30(15)17-6-4-16(5-7-17)27-24(32)28-36(33,34)22-11-10-21(25)35-22/h4-11,14H,2-3,12-13H2,1H3,(H2,27,28,32). The molecule has 0 spiro atoms. The number of hydrogen-bond acceptors (Lipinski definition) is 7. The number of nitrogens with one attached hydrogen (secondary N) is 2. The van der Waals surface area contributed by atoms with Crippen molar-refractivity contribution in [3.05, 3.63) is 75.1 Å². The number of carbonyl (C=O) groups is 1. The molecule has 36 heavy (non-hydrogen) atoms. The summed E-state index contributed by atoms with van der Waals surface area (Å²) in [6.45, 7) is 3.78. The number of anilines is 2. The maximum Gasteiger partial charge on any atom is 0.333 e. The van der Waals surface area contributed by atoms with Crippen LogP contribution in [0.25, 0.3) is 16.6 Å². The number of fused-ring (bicyclic) bond motifs is 1. The molecule has 5 rings (SSSR count). The quantitative estimate of drug-likeness (QED) is 0.382. The van der Waals surface area contributed by atoms with E-state index in [0.717, 1.165) is 43.0 Å². The molecule has 0 aliphatic carbocycles. The summed E-state index contributed by atoms with van der Waals surface area (Å²) >= 11 is 6.63. The number of hydrogen-bond donors (Lipinski definition) is 2. The Balaban J connectivity index is 1.35. The topological polar surface area (TPSA) is 113 Å². The van der Waals surface area contributed by atoms with Crippen LogP contribution in [-0.4, -0.2) is 37.1 Å². The monoisotopic (exact) mass is 543 g/mol. The van der Waals surface area contributed by atoms with E-state index in [1.165, 1.54) is 16.7 Å². The van der Waals surface area contributed by atoms with Gasteiger partial charge in [-0.3, -0.25) is 9.36 Å². The van der Waals surface area contributed by atoms with E-state index in [2.05, 4.69) is 15.2 Å². The summed E-state index contributed by atoms with van der Waals surface area (Å²) in [4.78, 5) is 32.5. The number of amides is 2. The Labute approximate surface area is 216 Å². The molecule has 0 bridgehead atoms. The van der Waals surface area contributed by atoms with Gasteiger partial charge in [0.25, 0.3) is 15.6 Å². The molecule has 2 aromatic heterocycles. The van der Waals surface area contributed by atoms with E-state index in [1.807, 2.05) is 22.9 Å². The molecule has 9 nitrogen and oxygen atoms in total. The van der Waals surface area contributed by atoms with Crippen LogP contribution >= 0.6 is 22.9 Å². The van der Waals surface area contributed by atoms with Crippen LogP contribution in [0.5, 0.6) is 0 Å². The van der Waals surface area contributed by atoms with Crippen molar-refractivity contribution < 1.29 is 13.2 Å². The van der Waals surface area contributed by atoms with Gasteiger partial charge in [-0.1, -0.05) is 11.6 Å². The Morgan fingerprint density at radius 1 is 1.03 bits per heavy atom. The molecule has 186 valence electrons. The molecule has 1 saturated heterocycles. The lowest BCUT2D eigenvalue weighted by molar-refractivity contribution is 0.256. The van der Waals surface area contributed by atoms with Gasteiger partial charge in [0.05, 0.1) is 20.9 Å². The minimum absolute atomic E-state index is 0.0656. The Bertz CT molecular complexity index is 1620. The summed E-state index contributed by atoms with van der Waals surface area (Å²) in [6, 6.07) is 14.1. The third-order valence-electron chi connectivity index (χ3n) is 5.92. The number of halogens is 1. The van der Waals surface area contributed by atoms with Crippen molar-refractivity contribution in [1.29, 1.82) is 0 Å². The van der Waals surface area contributed by atoms with Gasteiger partial charge >= 0.3 is 6.03 Å². The predicted octanol–water partition coefficient (Wildman–Crippen LogP) is 4.52. The molecule has 2 N–H and O–H groups in total. The van der Waals surface area contributed by atoms with Crippen molar-refractivity contribution in [2.75, 3.05) is 23.3 Å². The van der Waals surface area contributed by atoms with E-state index in [1.54, 1.807) is 31.2 Å². The Morgan fingerprint density at radius 3 is 2.39 bits per heavy atom. The maximum atomic E-state index is 13.3. The predicted molar refractivity (Wildman–Crippen MR) is 142 cm³/mol. The third-order valence-corrected chi connectivity index (χ3v) is 8.97. The normalized spacial score (nSPS) is 13.8. The molecular weight excluding hydrogens is 522 g/mol. The fourth-order valence-electron chi connectivity index (χ4n) is 4.23. The summed E-state index contributed by atoms with van der Waals surface area (Å²) < 4.78 is 28.3. The van der Waals surface area contributed by atoms with Crippen molar-refractivity contribution in [3.8, 4) is 5.69 Å². The second-order valence-electron chi connectivity index (χ2n) is 8.36. The van der Waals surface area contributed by atoms with Gasteiger partial charge in [0, 0.05) is 24.5 Å². The molecule has 1 fully saturated rings. The van der Waals surface area contributed by atoms with Crippen molar-refractivity contribution >= 4 is 61.3 Å². The maximum absolute atomic E-state index is 13.3. The zero-order valence-corrected chi connectivity index (χ0v) is 21.6. The molecule has 12 heteroatoms. The van der Waals surface area contributed by atoms with Crippen LogP contribution in [0.2, 0.25) is 4.34 Å². The summed E-state index contributed by atoms with van der Waals surface area (Å²) in [5, 5.41) is 3.00. The van der Waals surface area contributed by atoms with E-state index in [0.29, 0.717) is 32.4 Å². The number of nitrogens with zero attached hydrogens (tertiary/aromatic N) is 3. The molecular formula is C24H22ClN5O4S2. The summed E-state index contributed by atoms with van der Waals surface area (Å²) in [5.74, 6) is 0.533. The first-order chi connectivity index (χ1) is 17.2. The fourth-order valence-corrected chi connectivity index (χ4v) is 6.62. The van der Waals surface area contributed by atoms with Crippen LogP contribution < -0.4 is 20.5 Å². The number of aromatic nitrogens is 2. The van der Waals surface area contributed by atoms with E-state index in [9.17, 15) is 18.0 Å². The second-order valence-corrected chi connectivity index (χ2v) is 12.0. The lowest BCUT2D eigenvalue weighted by atomic mass is 10.2. The van der Waals surface area contributed by atoms with Crippen LogP contribution in [0.1, 0.15) is 18.7 Å². The van der Waals surface area contributed by atoms with Crippen LogP contribution in [-0.2, 0) is 10.0 Å². The average Bonchev–Trinajstić information content (AvgIpc) is 3.52. The third kappa shape index (κ3) is 4.81. The van der Waals surface area contributed by atoms with Crippen LogP contribution in [0.15, 0.2) is 63.6 Å². The molecule has 0 atom stereocenters. The molecule has 4 aromatic rings. The average molecular weight is 544 g/mol. The van der Waals surface area contributed by atoms with Gasteiger partial charge < -0.3 is 10.2 Å². The molecule has 2 aromatic carbocycles. The number of thiophene rings is 1. The lowest BCUT2D eigenvalue weighted by Gasteiger charge is -2.18. The molecule has 0 unspecified atom stereocenters. The zero-order chi connectivity index (χ0) is 25.4. The highest BCUT2D eigenvalue weighted by Crippen LogP contribution is 2.26. The first kappa shape index (κ1) is 24.3. The summed E-state index contributed by atoms with van der Waals surface area (Å²) in [6.07, 6.45) is 2.33. The van der Waals surface area contributed by atoms with E-state index in [-0.39, 0.29) is 9.77 Å². The molecule has 1 aliphatic rings. The zero-order valence-electron chi connectivity index (χ0n) is 19.2. The number of sulfonamides is 1. The van der Waals surface area contributed by atoms with Crippen LogP contribution in [0.3, 0.4) is 0 Å². The Hall–Kier alpha value is -3.41. The van der Waals surface area contributed by atoms with Gasteiger partial charge in [0.1, 0.15) is 10.0 Å². The number of urea groups is 1. The lowest BCUT2D eigenvalue weighted by Crippen LogP contribution is -2.33. The van der Waals surface area contributed by atoms with Crippen LogP contribution in [0, 0.1) is 6.92 Å². The van der Waals surface area contributed by atoms with Gasteiger partial charge in [0.15, 0.2) is 0 Å². The largest absolute Gasteiger partial charge is 0.371 e. The van der Waals surface area contributed by atoms with Crippen molar-refractivity contribution in [3.63, 3.8) is 0 Å². The number of carbonyl (C=O) groups excluding carboxylic acids is 1. The SMILES string of the molecule is Cc1nc2cc(N3CCCC3)ccc2c(=O)n1-c1ccc(NC(=O)NS(=O)(=O)c2ccc(Cl)s2)cc1. The number of benzene rings is 2. The smallest absolute Gasteiger partial charge is 0.333 e. The van der Waals surface area contributed by atoms with Gasteiger partial charge in [-0.05, 0) is 74.4 Å². The first-order valence-electron chi connectivity index (χ1n) is 11.2.